The Morgan fingerprint density at radius 3 is 2.58 bits per heavy atom. The van der Waals surface area contributed by atoms with Crippen LogP contribution in [0.1, 0.15) is 47.4 Å². The number of carbonyl (C=O) groups is 1. The summed E-state index contributed by atoms with van der Waals surface area (Å²) in [5, 5.41) is 0.475. The van der Waals surface area contributed by atoms with Crippen molar-refractivity contribution in [2.24, 2.45) is 7.05 Å². The van der Waals surface area contributed by atoms with Gasteiger partial charge in [-0.15, -0.1) is 13.2 Å². The Morgan fingerprint density at radius 1 is 1.12 bits per heavy atom. The normalized spacial score (nSPS) is 15.6. The first-order valence-electron chi connectivity index (χ1n) is 13.6. The Labute approximate surface area is 248 Å². The van der Waals surface area contributed by atoms with Crippen molar-refractivity contribution in [2.75, 3.05) is 13.2 Å². The maximum absolute atomic E-state index is 13.8. The van der Waals surface area contributed by atoms with Crippen molar-refractivity contribution in [3.05, 3.63) is 91.3 Å². The Bertz CT molecular complexity index is 1740. The first kappa shape index (κ1) is 30.5. The van der Waals surface area contributed by atoms with Crippen molar-refractivity contribution < 1.29 is 32.2 Å². The lowest BCUT2D eigenvalue weighted by Gasteiger charge is -2.22. The molecular formula is C29H28ClF3N4O6. The zero-order chi connectivity index (χ0) is 30.7. The van der Waals surface area contributed by atoms with Crippen LogP contribution in [0.3, 0.4) is 0 Å². The van der Waals surface area contributed by atoms with E-state index in [0.29, 0.717) is 23.6 Å². The van der Waals surface area contributed by atoms with E-state index in [-0.39, 0.29) is 48.5 Å². The largest absolute Gasteiger partial charge is 0.573 e. The fraction of sp³-hybridized carbons (Fsp3) is 0.379. The van der Waals surface area contributed by atoms with E-state index in [4.69, 9.17) is 21.1 Å². The summed E-state index contributed by atoms with van der Waals surface area (Å²) in [6.07, 6.45) is -2.17. The smallest absolute Gasteiger partial charge is 0.406 e. The Hall–Kier alpha value is -3.94. The van der Waals surface area contributed by atoms with Crippen molar-refractivity contribution in [1.82, 2.24) is 18.7 Å². The van der Waals surface area contributed by atoms with E-state index in [9.17, 15) is 27.6 Å². The van der Waals surface area contributed by atoms with Gasteiger partial charge in [0.1, 0.15) is 5.75 Å². The van der Waals surface area contributed by atoms with Gasteiger partial charge in [-0.2, -0.15) is 0 Å². The van der Waals surface area contributed by atoms with E-state index >= 15 is 0 Å². The third kappa shape index (κ3) is 7.00. The van der Waals surface area contributed by atoms with Crippen LogP contribution in [0.2, 0.25) is 5.02 Å². The van der Waals surface area contributed by atoms with Gasteiger partial charge in [-0.05, 0) is 55.5 Å². The molecule has 0 saturated carbocycles. The summed E-state index contributed by atoms with van der Waals surface area (Å²) in [4.78, 5) is 45.1. The van der Waals surface area contributed by atoms with Gasteiger partial charge < -0.3 is 18.8 Å². The molecule has 0 amide bonds. The number of aromatic nitrogens is 4. The van der Waals surface area contributed by atoms with Crippen LogP contribution in [0.4, 0.5) is 13.2 Å². The van der Waals surface area contributed by atoms with Crippen molar-refractivity contribution in [1.29, 1.82) is 0 Å². The van der Waals surface area contributed by atoms with Crippen LogP contribution >= 0.6 is 11.6 Å². The van der Waals surface area contributed by atoms with E-state index in [1.807, 2.05) is 0 Å². The lowest BCUT2D eigenvalue weighted by molar-refractivity contribution is -0.274. The van der Waals surface area contributed by atoms with Crippen molar-refractivity contribution in [3.63, 3.8) is 0 Å². The fourth-order valence-electron chi connectivity index (χ4n) is 4.91. The number of benzene rings is 2. The minimum Gasteiger partial charge on any atom is -0.406 e. The monoisotopic (exact) mass is 620 g/mol. The highest BCUT2D eigenvalue weighted by molar-refractivity contribution is 6.30. The molecule has 4 aromatic rings. The molecule has 1 saturated heterocycles. The van der Waals surface area contributed by atoms with Gasteiger partial charge in [0.05, 0.1) is 13.2 Å². The first-order valence-corrected chi connectivity index (χ1v) is 14.0. The SMILES string of the molecule is Cn1c(=O)n(CCCOC2CCCCO2)c(=O)c2c1nc(C(=O)c1cccc(OC(F)(F)F)c1)n2Cc1ccc(Cl)cc1. The highest BCUT2D eigenvalue weighted by atomic mass is 35.5. The van der Waals surface area contributed by atoms with Gasteiger partial charge in [-0.25, -0.2) is 9.78 Å². The number of aryl methyl sites for hydroxylation is 1. The molecule has 1 atom stereocenters. The highest BCUT2D eigenvalue weighted by Gasteiger charge is 2.32. The summed E-state index contributed by atoms with van der Waals surface area (Å²) >= 11 is 6.03. The molecule has 0 aliphatic carbocycles. The molecule has 5 rings (SSSR count). The molecule has 0 spiro atoms. The second-order valence-electron chi connectivity index (χ2n) is 10.0. The molecule has 0 N–H and O–H groups in total. The Balaban J connectivity index is 1.55. The molecule has 1 unspecified atom stereocenters. The Morgan fingerprint density at radius 2 is 1.88 bits per heavy atom. The van der Waals surface area contributed by atoms with E-state index in [1.165, 1.54) is 28.3 Å². The number of hydrogen-bond donors (Lipinski definition) is 0. The predicted octanol–water partition coefficient (Wildman–Crippen LogP) is 4.66. The van der Waals surface area contributed by atoms with Gasteiger partial charge >= 0.3 is 12.1 Å². The zero-order valence-electron chi connectivity index (χ0n) is 23.1. The molecule has 1 aliphatic rings. The molecule has 0 radical (unpaired) electrons. The first-order chi connectivity index (χ1) is 20.5. The van der Waals surface area contributed by atoms with Crippen molar-refractivity contribution in [3.8, 4) is 5.75 Å². The number of fused-ring (bicyclic) bond motifs is 1. The topological polar surface area (TPSA) is 107 Å². The molecular weight excluding hydrogens is 593 g/mol. The number of rotatable bonds is 10. The van der Waals surface area contributed by atoms with E-state index in [1.54, 1.807) is 24.3 Å². The summed E-state index contributed by atoms with van der Waals surface area (Å²) < 4.78 is 57.3. The van der Waals surface area contributed by atoms with Crippen LogP contribution in [-0.4, -0.2) is 50.3 Å². The number of ketones is 1. The minimum atomic E-state index is -4.96. The summed E-state index contributed by atoms with van der Waals surface area (Å²) in [6.45, 7) is 0.922. The van der Waals surface area contributed by atoms with Gasteiger partial charge in [0, 0.05) is 30.8 Å². The van der Waals surface area contributed by atoms with E-state index in [2.05, 4.69) is 9.72 Å². The van der Waals surface area contributed by atoms with Gasteiger partial charge in [0.2, 0.25) is 5.78 Å². The number of alkyl halides is 3. The average molecular weight is 621 g/mol. The quantitative estimate of drug-likeness (QED) is 0.188. The second kappa shape index (κ2) is 12.7. The van der Waals surface area contributed by atoms with Crippen molar-refractivity contribution >= 4 is 28.5 Å². The van der Waals surface area contributed by atoms with Crippen molar-refractivity contribution in [2.45, 2.75) is 51.4 Å². The molecule has 2 aromatic heterocycles. The molecule has 1 fully saturated rings. The molecule has 2 aromatic carbocycles. The predicted molar refractivity (Wildman–Crippen MR) is 151 cm³/mol. The third-order valence-corrected chi connectivity index (χ3v) is 7.24. The number of hydrogen-bond acceptors (Lipinski definition) is 7. The van der Waals surface area contributed by atoms with Gasteiger partial charge in [-0.3, -0.25) is 18.7 Å². The Kier molecular flexibility index (Phi) is 9.04. The van der Waals surface area contributed by atoms with Crippen LogP contribution in [0.5, 0.6) is 5.75 Å². The zero-order valence-corrected chi connectivity index (χ0v) is 23.9. The summed E-state index contributed by atoms with van der Waals surface area (Å²) in [6, 6.07) is 11.2. The fourth-order valence-corrected chi connectivity index (χ4v) is 5.04. The highest BCUT2D eigenvalue weighted by Crippen LogP contribution is 2.25. The van der Waals surface area contributed by atoms with E-state index < -0.39 is 29.1 Å². The maximum Gasteiger partial charge on any atom is 0.573 e. The maximum atomic E-state index is 13.8. The van der Waals surface area contributed by atoms with Crippen LogP contribution < -0.4 is 16.0 Å². The molecule has 1 aliphatic heterocycles. The van der Waals surface area contributed by atoms with E-state index in [0.717, 1.165) is 36.0 Å². The van der Waals surface area contributed by atoms with Crippen LogP contribution in [0.25, 0.3) is 11.2 Å². The molecule has 10 nitrogen and oxygen atoms in total. The van der Waals surface area contributed by atoms with Crippen LogP contribution in [0.15, 0.2) is 58.1 Å². The van der Waals surface area contributed by atoms with Gasteiger partial charge in [0.15, 0.2) is 23.3 Å². The average Bonchev–Trinajstić information content (AvgIpc) is 3.35. The molecule has 0 bridgehead atoms. The molecule has 3 heterocycles. The minimum absolute atomic E-state index is 0.0109. The lowest BCUT2D eigenvalue weighted by atomic mass is 10.1. The number of ether oxygens (including phenoxy) is 3. The summed E-state index contributed by atoms with van der Waals surface area (Å²) in [5.41, 5.74) is -0.851. The third-order valence-electron chi connectivity index (χ3n) is 6.99. The molecule has 43 heavy (non-hydrogen) atoms. The lowest BCUT2D eigenvalue weighted by Crippen LogP contribution is -2.40. The number of imidazole rings is 1. The summed E-state index contributed by atoms with van der Waals surface area (Å²) in [5.74, 6) is -1.59. The molecule has 228 valence electrons. The second-order valence-corrected chi connectivity index (χ2v) is 10.5. The van der Waals surface area contributed by atoms with Gasteiger partial charge in [-0.1, -0.05) is 35.9 Å². The summed E-state index contributed by atoms with van der Waals surface area (Å²) in [7, 11) is 1.43. The number of halogens is 4. The van der Waals surface area contributed by atoms with Gasteiger partial charge in [0.25, 0.3) is 5.56 Å². The van der Waals surface area contributed by atoms with Crippen LogP contribution in [-0.2, 0) is 29.6 Å². The molecule has 14 heteroatoms. The number of nitrogens with zero attached hydrogens (tertiary/aromatic N) is 4. The number of carbonyl (C=O) groups excluding carboxylic acids is 1. The van der Waals surface area contributed by atoms with Crippen LogP contribution in [0, 0.1) is 0 Å². The standard InChI is InChI=1S/C29H28ClF3N4O6/c1-35-25-23(27(39)36(28(35)40)13-5-15-42-22-8-2-3-14-41-22)37(17-18-9-11-20(30)12-10-18)26(34-25)24(38)19-6-4-7-21(16-19)43-29(31,32)33/h4,6-7,9-12,16,22H,2-3,5,8,13-15,17H2,1H3.